The second-order valence-electron chi connectivity index (χ2n) is 5.36. The third-order valence-corrected chi connectivity index (χ3v) is 19.0. The first-order valence-corrected chi connectivity index (χ1v) is 12.4. The first-order valence-electron chi connectivity index (χ1n) is 6.97. The molecule has 3 aromatic rings. The molecule has 0 radical (unpaired) electrons. The van der Waals surface area contributed by atoms with E-state index in [9.17, 15) is 0 Å². The fourth-order valence-corrected chi connectivity index (χ4v) is 19.0. The monoisotopic (exact) mass is 325 g/mol. The van der Waals surface area contributed by atoms with Crippen molar-refractivity contribution in [1.29, 1.82) is 0 Å². The molecule has 0 atom stereocenters. The van der Waals surface area contributed by atoms with E-state index in [-0.39, 0.29) is 0 Å². The van der Waals surface area contributed by atoms with Crippen LogP contribution < -0.4 is 13.7 Å². The zero-order valence-electron chi connectivity index (χ0n) is 11.2. The van der Waals surface area contributed by atoms with Crippen LogP contribution in [0.2, 0.25) is 0 Å². The van der Waals surface area contributed by atoms with Crippen molar-refractivity contribution < 1.29 is 8.47 Å². The van der Waals surface area contributed by atoms with Crippen LogP contribution in [0.5, 0.6) is 0 Å². The van der Waals surface area contributed by atoms with E-state index in [4.69, 9.17) is 0 Å². The van der Waals surface area contributed by atoms with Gasteiger partial charge in [-0.2, -0.15) is 0 Å². The molecular weight excluding hydrogens is 312 g/mol. The fourth-order valence-electron chi connectivity index (χ4n) is 3.42. The summed E-state index contributed by atoms with van der Waals surface area (Å²) >= 11 is 4.15. The molecule has 2 aliphatic rings. The van der Waals surface area contributed by atoms with Gasteiger partial charge in [0.05, 0.1) is 0 Å². The van der Waals surface area contributed by atoms with Gasteiger partial charge in [0.15, 0.2) is 0 Å². The van der Waals surface area contributed by atoms with E-state index in [2.05, 4.69) is 110 Å². The zero-order valence-corrected chi connectivity index (χ0v) is 13.8. The van der Waals surface area contributed by atoms with Gasteiger partial charge in [0.25, 0.3) is 0 Å². The summed E-state index contributed by atoms with van der Waals surface area (Å²) in [5.41, 5.74) is 0. The van der Waals surface area contributed by atoms with Crippen LogP contribution in [0.25, 0.3) is 0 Å². The molecule has 21 heavy (non-hydrogen) atoms. The van der Waals surface area contributed by atoms with Gasteiger partial charge in [-0.05, 0) is 0 Å². The molecule has 5 heteroatoms. The number of aromatic nitrogens is 2. The van der Waals surface area contributed by atoms with Crippen LogP contribution in [0, 0.1) is 0 Å². The SMILES string of the molecule is c1ccc([Si-]23(Sc4cccc[n+]42)Sc2cccc[n+]23)cc1. The molecular formula is C16H13N2S2Si+. The number of rotatable bonds is 1. The second-order valence-corrected chi connectivity index (χ2v) is 16.7. The standard InChI is InChI=1S/C16H13N2S2Si/c1-2-8-14(9-3-1)21(17-12-6-4-10-15(17)19-21)18-13-7-5-11-16(18)20-21/h1-13H/q+1. The van der Waals surface area contributed by atoms with Crippen LogP contribution >= 0.6 is 22.4 Å². The quantitative estimate of drug-likeness (QED) is 0.634. The maximum atomic E-state index is 2.54. The minimum absolute atomic E-state index is 1.36. The van der Waals surface area contributed by atoms with Crippen LogP contribution in [0.1, 0.15) is 0 Å². The number of hydrogen-bond acceptors (Lipinski definition) is 2. The number of pyridine rings is 2. The molecule has 2 aliphatic heterocycles. The normalized spacial score (nSPS) is 21.0. The Labute approximate surface area is 131 Å². The molecule has 4 heterocycles. The van der Waals surface area contributed by atoms with Crippen molar-refractivity contribution in [1.82, 2.24) is 0 Å². The number of nitrogens with zero attached hydrogens (tertiary/aromatic N) is 2. The molecule has 5 rings (SSSR count). The van der Waals surface area contributed by atoms with Crippen LogP contribution in [0.3, 0.4) is 0 Å². The van der Waals surface area contributed by atoms with E-state index >= 15 is 0 Å². The van der Waals surface area contributed by atoms with Gasteiger partial charge in [-0.3, -0.25) is 0 Å². The molecule has 0 N–H and O–H groups in total. The van der Waals surface area contributed by atoms with Gasteiger partial charge in [-0.1, -0.05) is 0 Å². The van der Waals surface area contributed by atoms with E-state index in [0.29, 0.717) is 0 Å². The molecule has 0 bridgehead atoms. The summed E-state index contributed by atoms with van der Waals surface area (Å²) < 4.78 is 5.08. The zero-order chi connectivity index (χ0) is 13.9. The second kappa shape index (κ2) is 3.79. The van der Waals surface area contributed by atoms with Crippen LogP contribution in [-0.2, 0) is 0 Å². The van der Waals surface area contributed by atoms with E-state index in [1.165, 1.54) is 15.2 Å². The van der Waals surface area contributed by atoms with Crippen LogP contribution in [0.4, 0.5) is 0 Å². The summed E-state index contributed by atoms with van der Waals surface area (Å²) in [5, 5.41) is 4.19. The predicted octanol–water partition coefficient (Wildman–Crippen LogP) is 2.17. The summed E-state index contributed by atoms with van der Waals surface area (Å²) in [6, 6.07) is 24.0. The van der Waals surface area contributed by atoms with E-state index in [1.807, 2.05) is 0 Å². The van der Waals surface area contributed by atoms with Crippen molar-refractivity contribution >= 4 is 33.6 Å². The van der Waals surface area contributed by atoms with Gasteiger partial charge in [0.1, 0.15) is 0 Å². The molecule has 1 aromatic carbocycles. The van der Waals surface area contributed by atoms with Gasteiger partial charge < -0.3 is 0 Å². The van der Waals surface area contributed by atoms with Crippen molar-refractivity contribution in [3.8, 4) is 0 Å². The van der Waals surface area contributed by atoms with Gasteiger partial charge in [-0.25, -0.2) is 0 Å². The van der Waals surface area contributed by atoms with Crippen molar-refractivity contribution in [3.05, 3.63) is 79.1 Å². The first kappa shape index (κ1) is 12.0. The van der Waals surface area contributed by atoms with Crippen molar-refractivity contribution in [2.45, 2.75) is 10.1 Å². The molecule has 1 spiro atoms. The predicted molar refractivity (Wildman–Crippen MR) is 87.6 cm³/mol. The van der Waals surface area contributed by atoms with Crippen LogP contribution in [0.15, 0.2) is 89.2 Å². The number of benzene rings is 1. The van der Waals surface area contributed by atoms with E-state index in [0.717, 1.165) is 0 Å². The number of hydrogen-bond donors (Lipinski definition) is 0. The van der Waals surface area contributed by atoms with Gasteiger partial charge in [0, 0.05) is 0 Å². The summed E-state index contributed by atoms with van der Waals surface area (Å²) in [7, 11) is 0. The van der Waals surface area contributed by atoms with Gasteiger partial charge >= 0.3 is 131 Å². The molecule has 0 fully saturated rings. The third-order valence-electron chi connectivity index (χ3n) is 4.34. The molecule has 0 unspecified atom stereocenters. The van der Waals surface area contributed by atoms with Crippen LogP contribution in [-0.4, -0.2) is 5.97 Å². The third kappa shape index (κ3) is 1.20. The summed E-state index contributed by atoms with van der Waals surface area (Å²) in [4.78, 5) is 0. The molecule has 2 nitrogen and oxygen atoms in total. The molecule has 0 saturated carbocycles. The molecule has 0 amide bonds. The number of fused-ring (bicyclic) bond motifs is 4. The molecule has 0 aliphatic carbocycles. The average molecular weight is 326 g/mol. The molecule has 2 aromatic heterocycles. The Balaban J connectivity index is 1.89. The topological polar surface area (TPSA) is 7.76 Å². The Hall–Kier alpha value is -1.56. The molecule has 0 saturated heterocycles. The van der Waals surface area contributed by atoms with Gasteiger partial charge in [0.2, 0.25) is 0 Å². The average Bonchev–Trinajstić information content (AvgIpc) is 2.51. The Bertz CT molecular complexity index is 829. The fraction of sp³-hybridized carbons (Fsp3) is 0. The Morgan fingerprint density at radius 2 is 1.14 bits per heavy atom. The first-order chi connectivity index (χ1) is 10.3. The Kier molecular flexibility index (Phi) is 2.17. The van der Waals surface area contributed by atoms with E-state index < -0.39 is 5.97 Å². The molecule has 102 valence electrons. The Morgan fingerprint density at radius 1 is 0.619 bits per heavy atom. The van der Waals surface area contributed by atoms with Crippen molar-refractivity contribution in [2.75, 3.05) is 0 Å². The summed E-state index contributed by atoms with van der Waals surface area (Å²) in [6.45, 7) is 0. The van der Waals surface area contributed by atoms with Gasteiger partial charge in [-0.15, -0.1) is 0 Å². The minimum atomic E-state index is -2.69. The summed E-state index contributed by atoms with van der Waals surface area (Å²) in [6.07, 6.45) is 4.51. The Morgan fingerprint density at radius 3 is 1.67 bits per heavy atom. The summed E-state index contributed by atoms with van der Waals surface area (Å²) in [5.74, 6) is -2.69. The van der Waals surface area contributed by atoms with E-state index in [1.54, 1.807) is 0 Å². The maximum absolute atomic E-state index is 2.69. The van der Waals surface area contributed by atoms with Crippen molar-refractivity contribution in [3.63, 3.8) is 0 Å². The van der Waals surface area contributed by atoms with Crippen molar-refractivity contribution in [2.24, 2.45) is 0 Å².